The Hall–Kier alpha value is -1.62. The van der Waals surface area contributed by atoms with Crippen molar-refractivity contribution in [1.29, 1.82) is 0 Å². The Labute approximate surface area is 119 Å². The van der Waals surface area contributed by atoms with Crippen LogP contribution in [0.3, 0.4) is 0 Å². The highest BCUT2D eigenvalue weighted by molar-refractivity contribution is 5.48. The Kier molecular flexibility index (Phi) is 4.95. The van der Waals surface area contributed by atoms with Gasteiger partial charge in [0.2, 0.25) is 0 Å². The molecule has 1 atom stereocenters. The summed E-state index contributed by atoms with van der Waals surface area (Å²) in [6.45, 7) is 7.62. The first-order chi connectivity index (χ1) is 9.56. The van der Waals surface area contributed by atoms with E-state index >= 15 is 0 Å². The molecule has 1 saturated heterocycles. The molecular formula is C15H22N2O3. The molecule has 1 aromatic rings. The van der Waals surface area contributed by atoms with Crippen LogP contribution in [0.25, 0.3) is 0 Å². The fraction of sp³-hybridized carbons (Fsp3) is 0.600. The van der Waals surface area contributed by atoms with Gasteiger partial charge >= 0.3 is 5.69 Å². The van der Waals surface area contributed by atoms with Gasteiger partial charge in [0.05, 0.1) is 4.92 Å². The first-order valence-electron chi connectivity index (χ1n) is 7.16. The van der Waals surface area contributed by atoms with E-state index in [9.17, 15) is 10.1 Å². The lowest BCUT2D eigenvalue weighted by Crippen LogP contribution is -2.37. The number of hydrogen-bond donors (Lipinski definition) is 0. The fourth-order valence-electron chi connectivity index (χ4n) is 2.67. The summed E-state index contributed by atoms with van der Waals surface area (Å²) in [4.78, 5) is 13.0. The molecule has 0 N–H and O–H groups in total. The second kappa shape index (κ2) is 6.70. The molecule has 0 radical (unpaired) electrons. The Bertz CT molecular complexity index is 476. The molecule has 0 aliphatic carbocycles. The molecular weight excluding hydrogens is 256 g/mol. The van der Waals surface area contributed by atoms with Crippen LogP contribution < -0.4 is 4.74 Å². The van der Waals surface area contributed by atoms with E-state index in [1.54, 1.807) is 12.1 Å². The molecule has 0 saturated carbocycles. The Morgan fingerprint density at radius 2 is 2.30 bits per heavy atom. The van der Waals surface area contributed by atoms with Crippen LogP contribution in [0.5, 0.6) is 5.75 Å². The van der Waals surface area contributed by atoms with E-state index in [1.807, 2.05) is 13.0 Å². The van der Waals surface area contributed by atoms with Crippen molar-refractivity contribution in [1.82, 2.24) is 4.90 Å². The minimum atomic E-state index is -0.384. The first kappa shape index (κ1) is 14.8. The fourth-order valence-corrected chi connectivity index (χ4v) is 2.67. The van der Waals surface area contributed by atoms with E-state index in [-0.39, 0.29) is 10.6 Å². The second-order valence-corrected chi connectivity index (χ2v) is 5.62. The molecule has 0 spiro atoms. The summed E-state index contributed by atoms with van der Waals surface area (Å²) in [7, 11) is 0. The van der Waals surface area contributed by atoms with Gasteiger partial charge in [0.1, 0.15) is 6.61 Å². The van der Waals surface area contributed by atoms with Crippen LogP contribution in [0.4, 0.5) is 5.69 Å². The minimum absolute atomic E-state index is 0.0528. The van der Waals surface area contributed by atoms with Crippen molar-refractivity contribution in [2.45, 2.75) is 26.7 Å². The topological polar surface area (TPSA) is 55.6 Å². The van der Waals surface area contributed by atoms with Crippen LogP contribution in [0.2, 0.25) is 0 Å². The largest absolute Gasteiger partial charge is 0.485 e. The predicted octanol–water partition coefficient (Wildman–Crippen LogP) is 3.01. The molecule has 1 unspecified atom stereocenters. The molecule has 2 rings (SSSR count). The normalized spacial score (nSPS) is 19.8. The van der Waals surface area contributed by atoms with Gasteiger partial charge in [-0.2, -0.15) is 0 Å². The highest BCUT2D eigenvalue weighted by Gasteiger charge is 2.18. The SMILES string of the molecule is Cc1ccc(OCCN2CCCC(C)C2)c([N+](=O)[O-])c1. The molecule has 0 bridgehead atoms. The number of ether oxygens (including phenoxy) is 1. The van der Waals surface area contributed by atoms with Crippen LogP contribution in [-0.4, -0.2) is 36.1 Å². The smallest absolute Gasteiger partial charge is 0.311 e. The van der Waals surface area contributed by atoms with Gasteiger partial charge in [0.25, 0.3) is 0 Å². The van der Waals surface area contributed by atoms with Crippen molar-refractivity contribution in [3.8, 4) is 5.75 Å². The van der Waals surface area contributed by atoms with Crippen LogP contribution in [0.1, 0.15) is 25.3 Å². The monoisotopic (exact) mass is 278 g/mol. The van der Waals surface area contributed by atoms with Gasteiger partial charge < -0.3 is 4.74 Å². The quantitative estimate of drug-likeness (QED) is 0.613. The summed E-state index contributed by atoms with van der Waals surface area (Å²) in [5.41, 5.74) is 0.922. The van der Waals surface area contributed by atoms with E-state index in [2.05, 4.69) is 11.8 Å². The molecule has 1 aromatic carbocycles. The molecule has 1 heterocycles. The number of rotatable bonds is 5. The van der Waals surface area contributed by atoms with E-state index in [4.69, 9.17) is 4.74 Å². The van der Waals surface area contributed by atoms with Gasteiger partial charge in [-0.3, -0.25) is 15.0 Å². The van der Waals surface area contributed by atoms with Crippen molar-refractivity contribution in [3.05, 3.63) is 33.9 Å². The molecule has 1 fully saturated rings. The lowest BCUT2D eigenvalue weighted by Gasteiger charge is -2.30. The van der Waals surface area contributed by atoms with Crippen molar-refractivity contribution in [2.75, 3.05) is 26.2 Å². The summed E-state index contributed by atoms with van der Waals surface area (Å²) < 4.78 is 5.61. The molecule has 5 heteroatoms. The van der Waals surface area contributed by atoms with Gasteiger partial charge in [0.15, 0.2) is 5.75 Å². The first-order valence-corrected chi connectivity index (χ1v) is 7.16. The zero-order valence-corrected chi connectivity index (χ0v) is 12.2. The molecule has 1 aliphatic heterocycles. The summed E-state index contributed by atoms with van der Waals surface area (Å²) in [5.74, 6) is 1.10. The molecule has 0 aromatic heterocycles. The Morgan fingerprint density at radius 3 is 3.00 bits per heavy atom. The van der Waals surface area contributed by atoms with E-state index < -0.39 is 0 Å². The zero-order valence-electron chi connectivity index (χ0n) is 12.2. The van der Waals surface area contributed by atoms with E-state index in [0.717, 1.165) is 31.1 Å². The maximum atomic E-state index is 11.0. The second-order valence-electron chi connectivity index (χ2n) is 5.62. The number of hydrogen-bond acceptors (Lipinski definition) is 4. The molecule has 20 heavy (non-hydrogen) atoms. The standard InChI is InChI=1S/C15H22N2O3/c1-12-5-6-15(14(10-12)17(18)19)20-9-8-16-7-3-4-13(2)11-16/h5-6,10,13H,3-4,7-9,11H2,1-2H3. The third-order valence-electron chi connectivity index (χ3n) is 3.72. The number of nitro groups is 1. The lowest BCUT2D eigenvalue weighted by atomic mass is 10.0. The Balaban J connectivity index is 1.89. The third kappa shape index (κ3) is 3.93. The summed E-state index contributed by atoms with van der Waals surface area (Å²) in [5, 5.41) is 11.0. The predicted molar refractivity (Wildman–Crippen MR) is 78.2 cm³/mol. The number of piperidine rings is 1. The van der Waals surface area contributed by atoms with Gasteiger partial charge in [-0.15, -0.1) is 0 Å². The maximum absolute atomic E-state index is 11.0. The number of nitro benzene ring substituents is 1. The van der Waals surface area contributed by atoms with Gasteiger partial charge in [-0.05, 0) is 43.9 Å². The average molecular weight is 278 g/mol. The van der Waals surface area contributed by atoms with Crippen molar-refractivity contribution < 1.29 is 9.66 Å². The highest BCUT2D eigenvalue weighted by atomic mass is 16.6. The maximum Gasteiger partial charge on any atom is 0.311 e. The van der Waals surface area contributed by atoms with Crippen LogP contribution in [0.15, 0.2) is 18.2 Å². The van der Waals surface area contributed by atoms with Crippen LogP contribution in [0, 0.1) is 23.0 Å². The Morgan fingerprint density at radius 1 is 1.50 bits per heavy atom. The third-order valence-corrected chi connectivity index (χ3v) is 3.72. The number of aryl methyl sites for hydroxylation is 1. The molecule has 110 valence electrons. The summed E-state index contributed by atoms with van der Waals surface area (Å²) >= 11 is 0. The lowest BCUT2D eigenvalue weighted by molar-refractivity contribution is -0.385. The van der Waals surface area contributed by atoms with Crippen LogP contribution >= 0.6 is 0 Å². The average Bonchev–Trinajstić information content (AvgIpc) is 2.40. The van der Waals surface area contributed by atoms with Crippen molar-refractivity contribution >= 4 is 5.69 Å². The molecule has 5 nitrogen and oxygen atoms in total. The van der Waals surface area contributed by atoms with E-state index in [0.29, 0.717) is 12.4 Å². The molecule has 1 aliphatic rings. The van der Waals surface area contributed by atoms with E-state index in [1.165, 1.54) is 12.8 Å². The number of benzene rings is 1. The van der Waals surface area contributed by atoms with Gasteiger partial charge in [0, 0.05) is 19.2 Å². The zero-order chi connectivity index (χ0) is 14.5. The number of likely N-dealkylation sites (tertiary alicyclic amines) is 1. The number of nitrogens with zero attached hydrogens (tertiary/aromatic N) is 2. The van der Waals surface area contributed by atoms with Gasteiger partial charge in [-0.25, -0.2) is 0 Å². The highest BCUT2D eigenvalue weighted by Crippen LogP contribution is 2.27. The molecule has 0 amide bonds. The van der Waals surface area contributed by atoms with Crippen LogP contribution in [-0.2, 0) is 0 Å². The van der Waals surface area contributed by atoms with Crippen molar-refractivity contribution in [3.63, 3.8) is 0 Å². The minimum Gasteiger partial charge on any atom is -0.485 e. The van der Waals surface area contributed by atoms with Crippen molar-refractivity contribution in [2.24, 2.45) is 5.92 Å². The summed E-state index contributed by atoms with van der Waals surface area (Å²) in [6, 6.07) is 5.08. The van der Waals surface area contributed by atoms with Gasteiger partial charge in [-0.1, -0.05) is 13.0 Å². The summed E-state index contributed by atoms with van der Waals surface area (Å²) in [6.07, 6.45) is 2.52.